The number of benzene rings is 1. The van der Waals surface area contributed by atoms with E-state index in [1.54, 1.807) is 18.2 Å². The summed E-state index contributed by atoms with van der Waals surface area (Å²) in [5.41, 5.74) is -1.30. The first-order chi connectivity index (χ1) is 9.57. The lowest BCUT2D eigenvalue weighted by Gasteiger charge is -2.16. The second kappa shape index (κ2) is 5.38. The van der Waals surface area contributed by atoms with Crippen LogP contribution in [0.15, 0.2) is 28.6 Å². The van der Waals surface area contributed by atoms with Crippen molar-refractivity contribution in [3.63, 3.8) is 0 Å². The van der Waals surface area contributed by atoms with Crippen LogP contribution in [-0.2, 0) is 9.84 Å². The lowest BCUT2D eigenvalue weighted by molar-refractivity contribution is 0.269. The third-order valence-electron chi connectivity index (χ3n) is 3.45. The highest BCUT2D eigenvalue weighted by Gasteiger charge is 2.32. The minimum atomic E-state index is -3.99. The van der Waals surface area contributed by atoms with Crippen LogP contribution in [0.25, 0.3) is 10.2 Å². The van der Waals surface area contributed by atoms with Crippen LogP contribution in [0, 0.1) is 0 Å². The summed E-state index contributed by atoms with van der Waals surface area (Å²) in [5, 5.41) is 0. The molecule has 4 nitrogen and oxygen atoms in total. The minimum Gasteiger partial charge on any atom is -0.299 e. The molecule has 0 aliphatic carbocycles. The molecule has 20 heavy (non-hydrogen) atoms. The van der Waals surface area contributed by atoms with Gasteiger partial charge in [0.15, 0.2) is 0 Å². The summed E-state index contributed by atoms with van der Waals surface area (Å²) in [4.78, 5) is 5.91. The summed E-state index contributed by atoms with van der Waals surface area (Å²) in [5.74, 6) is 0. The normalized spacial score (nSPS) is 18.6. The van der Waals surface area contributed by atoms with Gasteiger partial charge in [-0.3, -0.25) is 4.90 Å². The standard InChI is InChI=1S/C13H15FN2O2S2/c14-12(9-16-7-3-4-8-16)20(17,18)13-15-10-5-1-2-6-11(10)19-13/h1-2,5-6,12H,3-4,7-9H2. The van der Waals surface area contributed by atoms with Crippen molar-refractivity contribution in [3.8, 4) is 0 Å². The van der Waals surface area contributed by atoms with E-state index in [0.29, 0.717) is 5.52 Å². The van der Waals surface area contributed by atoms with Gasteiger partial charge in [-0.05, 0) is 38.1 Å². The molecule has 2 aromatic rings. The van der Waals surface area contributed by atoms with Gasteiger partial charge in [-0.2, -0.15) is 0 Å². The van der Waals surface area contributed by atoms with E-state index < -0.39 is 15.3 Å². The van der Waals surface area contributed by atoms with Gasteiger partial charge in [-0.15, -0.1) is 11.3 Å². The van der Waals surface area contributed by atoms with Crippen LogP contribution >= 0.6 is 11.3 Å². The van der Waals surface area contributed by atoms with Crippen LogP contribution < -0.4 is 0 Å². The Kier molecular flexibility index (Phi) is 3.74. The molecule has 0 saturated carbocycles. The zero-order valence-electron chi connectivity index (χ0n) is 10.8. The van der Waals surface area contributed by atoms with Crippen LogP contribution in [0.3, 0.4) is 0 Å². The van der Waals surface area contributed by atoms with Gasteiger partial charge in [0.05, 0.1) is 10.2 Å². The molecule has 0 amide bonds. The van der Waals surface area contributed by atoms with E-state index in [4.69, 9.17) is 0 Å². The topological polar surface area (TPSA) is 50.3 Å². The van der Waals surface area contributed by atoms with E-state index >= 15 is 0 Å². The van der Waals surface area contributed by atoms with Crippen molar-refractivity contribution < 1.29 is 12.8 Å². The van der Waals surface area contributed by atoms with Gasteiger partial charge in [-0.25, -0.2) is 17.8 Å². The molecular formula is C13H15FN2O2S2. The van der Waals surface area contributed by atoms with Crippen molar-refractivity contribution in [1.82, 2.24) is 9.88 Å². The van der Waals surface area contributed by atoms with Crippen LogP contribution in [0.5, 0.6) is 0 Å². The number of rotatable bonds is 4. The number of thiazole rings is 1. The van der Waals surface area contributed by atoms with E-state index in [1.807, 2.05) is 11.0 Å². The lowest BCUT2D eigenvalue weighted by atomic mass is 10.3. The Balaban J connectivity index is 1.86. The van der Waals surface area contributed by atoms with Crippen molar-refractivity contribution in [2.75, 3.05) is 19.6 Å². The number of nitrogens with zero attached hydrogens (tertiary/aromatic N) is 2. The molecule has 1 atom stereocenters. The zero-order valence-corrected chi connectivity index (χ0v) is 12.5. The van der Waals surface area contributed by atoms with Crippen LogP contribution in [0.2, 0.25) is 0 Å². The molecule has 1 unspecified atom stereocenters. The summed E-state index contributed by atoms with van der Waals surface area (Å²) in [6, 6.07) is 7.13. The average molecular weight is 314 g/mol. The maximum absolute atomic E-state index is 14.2. The Morgan fingerprint density at radius 1 is 1.30 bits per heavy atom. The van der Waals surface area contributed by atoms with Gasteiger partial charge in [0.25, 0.3) is 0 Å². The van der Waals surface area contributed by atoms with Crippen molar-refractivity contribution in [1.29, 1.82) is 0 Å². The molecule has 0 radical (unpaired) electrons. The first kappa shape index (κ1) is 13.9. The predicted molar refractivity (Wildman–Crippen MR) is 77.4 cm³/mol. The molecule has 0 bridgehead atoms. The smallest absolute Gasteiger partial charge is 0.238 e. The molecule has 1 aliphatic heterocycles. The van der Waals surface area contributed by atoms with Crippen LogP contribution in [0.1, 0.15) is 12.8 Å². The van der Waals surface area contributed by atoms with E-state index in [9.17, 15) is 12.8 Å². The Morgan fingerprint density at radius 2 is 2.00 bits per heavy atom. The zero-order chi connectivity index (χ0) is 14.2. The van der Waals surface area contributed by atoms with Gasteiger partial charge in [0, 0.05) is 6.54 Å². The third kappa shape index (κ3) is 2.57. The molecular weight excluding hydrogens is 299 g/mol. The number of hydrogen-bond donors (Lipinski definition) is 0. The van der Waals surface area contributed by atoms with Gasteiger partial charge in [-0.1, -0.05) is 12.1 Å². The van der Waals surface area contributed by atoms with Crippen molar-refractivity contribution in [3.05, 3.63) is 24.3 Å². The van der Waals surface area contributed by atoms with E-state index in [0.717, 1.165) is 42.0 Å². The molecule has 1 fully saturated rings. The maximum atomic E-state index is 14.2. The molecule has 1 aliphatic rings. The van der Waals surface area contributed by atoms with Crippen molar-refractivity contribution >= 4 is 31.4 Å². The third-order valence-corrected chi connectivity index (χ3v) is 6.63. The predicted octanol–water partition coefficient (Wildman–Crippen LogP) is 2.46. The maximum Gasteiger partial charge on any atom is 0.238 e. The average Bonchev–Trinajstić information content (AvgIpc) is 3.06. The molecule has 0 N–H and O–H groups in total. The molecule has 1 aromatic heterocycles. The molecule has 2 heterocycles. The number of fused-ring (bicyclic) bond motifs is 1. The van der Waals surface area contributed by atoms with Gasteiger partial charge in [0.1, 0.15) is 0 Å². The lowest BCUT2D eigenvalue weighted by Crippen LogP contribution is -2.32. The van der Waals surface area contributed by atoms with E-state index in [1.165, 1.54) is 0 Å². The first-order valence-corrected chi connectivity index (χ1v) is 8.89. The van der Waals surface area contributed by atoms with Gasteiger partial charge in [0.2, 0.25) is 19.7 Å². The minimum absolute atomic E-state index is 0.0573. The van der Waals surface area contributed by atoms with E-state index in [-0.39, 0.29) is 10.9 Å². The van der Waals surface area contributed by atoms with Crippen LogP contribution in [0.4, 0.5) is 4.39 Å². The number of aromatic nitrogens is 1. The van der Waals surface area contributed by atoms with Gasteiger partial charge >= 0.3 is 0 Å². The highest BCUT2D eigenvalue weighted by molar-refractivity contribution is 7.93. The highest BCUT2D eigenvalue weighted by atomic mass is 32.2. The Labute approximate surface area is 121 Å². The van der Waals surface area contributed by atoms with Gasteiger partial charge < -0.3 is 0 Å². The number of sulfone groups is 1. The fourth-order valence-electron chi connectivity index (χ4n) is 2.35. The summed E-state index contributed by atoms with van der Waals surface area (Å²) < 4.78 is 39.3. The SMILES string of the molecule is O=S(=O)(c1nc2ccccc2s1)C(F)CN1CCCC1. The van der Waals surface area contributed by atoms with Crippen LogP contribution in [-0.4, -0.2) is 43.4 Å². The quantitative estimate of drug-likeness (QED) is 0.870. The number of alkyl halides is 1. The second-order valence-corrected chi connectivity index (χ2v) is 8.19. The summed E-state index contributed by atoms with van der Waals surface area (Å²) >= 11 is 1.03. The molecule has 1 saturated heterocycles. The Hall–Kier alpha value is -1.05. The Morgan fingerprint density at radius 3 is 2.70 bits per heavy atom. The number of likely N-dealkylation sites (tertiary alicyclic amines) is 1. The number of hydrogen-bond acceptors (Lipinski definition) is 5. The summed E-state index contributed by atoms with van der Waals surface area (Å²) in [6.07, 6.45) is 2.02. The van der Waals surface area contributed by atoms with Crippen molar-refractivity contribution in [2.45, 2.75) is 22.7 Å². The largest absolute Gasteiger partial charge is 0.299 e. The highest BCUT2D eigenvalue weighted by Crippen LogP contribution is 2.28. The molecule has 7 heteroatoms. The Bertz CT molecular complexity index is 675. The fraction of sp³-hybridized carbons (Fsp3) is 0.462. The molecule has 108 valence electrons. The van der Waals surface area contributed by atoms with Crippen molar-refractivity contribution in [2.24, 2.45) is 0 Å². The van der Waals surface area contributed by atoms with E-state index in [2.05, 4.69) is 4.98 Å². The molecule has 1 aromatic carbocycles. The summed E-state index contributed by atoms with van der Waals surface area (Å²) in [6.45, 7) is 1.49. The molecule has 3 rings (SSSR count). The fourth-order valence-corrected chi connectivity index (χ4v) is 4.94. The number of para-hydroxylation sites is 1. The monoisotopic (exact) mass is 314 g/mol. The molecule has 0 spiro atoms. The second-order valence-electron chi connectivity index (χ2n) is 4.91. The summed E-state index contributed by atoms with van der Waals surface area (Å²) in [7, 11) is -3.99. The number of halogens is 1. The first-order valence-electron chi connectivity index (χ1n) is 6.53.